The Morgan fingerprint density at radius 3 is 2.52 bits per heavy atom. The van der Waals surface area contributed by atoms with E-state index in [1.54, 1.807) is 24.3 Å². The molecule has 0 fully saturated rings. The molecule has 0 aliphatic heterocycles. The van der Waals surface area contributed by atoms with Crippen molar-refractivity contribution in [2.24, 2.45) is 0 Å². The summed E-state index contributed by atoms with van der Waals surface area (Å²) in [5.41, 5.74) is 0.961. The second-order valence-electron chi connectivity index (χ2n) is 4.06. The summed E-state index contributed by atoms with van der Waals surface area (Å²) in [5.74, 6) is 0.0459. The zero-order chi connectivity index (χ0) is 15.1. The van der Waals surface area contributed by atoms with E-state index in [1.807, 2.05) is 19.9 Å². The largest absolute Gasteiger partial charge is 0.476 e. The van der Waals surface area contributed by atoms with Crippen LogP contribution in [0.4, 0.5) is 5.69 Å². The lowest BCUT2D eigenvalue weighted by Gasteiger charge is -2.11. The molecule has 2 aromatic rings. The zero-order valence-electron chi connectivity index (χ0n) is 12.0. The number of hydrogen-bond donors (Lipinski definition) is 1. The number of nitrogens with zero attached hydrogens (tertiary/aromatic N) is 2. The lowest BCUT2D eigenvalue weighted by atomic mass is 10.2. The maximum absolute atomic E-state index is 12.1. The standard InChI is InChI=1S/C15H17N3O3/c1-3-20-14-12(10-16-15(18-14)21-4-2)17-13(19)11-8-6-5-7-9-11/h5-10H,3-4H2,1-2H3,(H,17,19). The van der Waals surface area contributed by atoms with Gasteiger partial charge in [-0.3, -0.25) is 4.79 Å². The summed E-state index contributed by atoms with van der Waals surface area (Å²) in [7, 11) is 0. The van der Waals surface area contributed by atoms with Crippen LogP contribution in [0.3, 0.4) is 0 Å². The van der Waals surface area contributed by atoms with E-state index in [-0.39, 0.29) is 11.9 Å². The number of carbonyl (C=O) groups is 1. The van der Waals surface area contributed by atoms with Crippen molar-refractivity contribution in [3.8, 4) is 11.9 Å². The Bertz CT molecular complexity index is 602. The minimum Gasteiger partial charge on any atom is -0.476 e. The van der Waals surface area contributed by atoms with Gasteiger partial charge in [-0.1, -0.05) is 18.2 Å². The first-order valence-corrected chi connectivity index (χ1v) is 6.73. The van der Waals surface area contributed by atoms with Gasteiger partial charge in [0.15, 0.2) is 0 Å². The monoisotopic (exact) mass is 287 g/mol. The quantitative estimate of drug-likeness (QED) is 0.883. The Morgan fingerprint density at radius 1 is 1.14 bits per heavy atom. The fourth-order valence-corrected chi connectivity index (χ4v) is 1.67. The van der Waals surface area contributed by atoms with Crippen LogP contribution in [0.2, 0.25) is 0 Å². The molecule has 1 aromatic carbocycles. The van der Waals surface area contributed by atoms with Crippen LogP contribution in [-0.2, 0) is 0 Å². The zero-order valence-corrected chi connectivity index (χ0v) is 12.0. The van der Waals surface area contributed by atoms with Crippen molar-refractivity contribution < 1.29 is 14.3 Å². The van der Waals surface area contributed by atoms with Gasteiger partial charge in [0.1, 0.15) is 5.69 Å². The number of rotatable bonds is 6. The van der Waals surface area contributed by atoms with Crippen LogP contribution in [-0.4, -0.2) is 29.1 Å². The highest BCUT2D eigenvalue weighted by Crippen LogP contribution is 2.23. The van der Waals surface area contributed by atoms with Gasteiger partial charge in [-0.05, 0) is 26.0 Å². The second kappa shape index (κ2) is 7.23. The van der Waals surface area contributed by atoms with E-state index in [2.05, 4.69) is 15.3 Å². The summed E-state index contributed by atoms with van der Waals surface area (Å²) in [6.07, 6.45) is 1.48. The molecule has 6 nitrogen and oxygen atoms in total. The Balaban J connectivity index is 2.20. The van der Waals surface area contributed by atoms with Gasteiger partial charge in [-0.2, -0.15) is 4.98 Å². The molecule has 1 aromatic heterocycles. The Hall–Kier alpha value is -2.63. The van der Waals surface area contributed by atoms with Crippen molar-refractivity contribution in [2.75, 3.05) is 18.5 Å². The van der Waals surface area contributed by atoms with E-state index in [0.29, 0.717) is 30.3 Å². The SMILES string of the molecule is CCOc1ncc(NC(=O)c2ccccc2)c(OCC)n1. The normalized spacial score (nSPS) is 10.0. The van der Waals surface area contributed by atoms with Gasteiger partial charge in [0.2, 0.25) is 5.88 Å². The van der Waals surface area contributed by atoms with Gasteiger partial charge in [0, 0.05) is 5.56 Å². The molecule has 2 rings (SSSR count). The first kappa shape index (κ1) is 14.8. The van der Waals surface area contributed by atoms with E-state index in [4.69, 9.17) is 9.47 Å². The van der Waals surface area contributed by atoms with Crippen LogP contribution in [0.5, 0.6) is 11.9 Å². The molecule has 1 heterocycles. The predicted molar refractivity (Wildman–Crippen MR) is 78.8 cm³/mol. The minimum atomic E-state index is -0.246. The summed E-state index contributed by atoms with van der Waals surface area (Å²) >= 11 is 0. The third-order valence-electron chi connectivity index (χ3n) is 2.57. The molecular weight excluding hydrogens is 270 g/mol. The van der Waals surface area contributed by atoms with Crippen LogP contribution < -0.4 is 14.8 Å². The van der Waals surface area contributed by atoms with Gasteiger partial charge in [-0.25, -0.2) is 4.98 Å². The number of aromatic nitrogens is 2. The molecule has 0 unspecified atom stereocenters. The summed E-state index contributed by atoms with van der Waals surface area (Å²) in [6.45, 7) is 4.57. The topological polar surface area (TPSA) is 73.3 Å². The Morgan fingerprint density at radius 2 is 1.86 bits per heavy atom. The summed E-state index contributed by atoms with van der Waals surface area (Å²) in [4.78, 5) is 20.3. The van der Waals surface area contributed by atoms with E-state index in [0.717, 1.165) is 0 Å². The maximum atomic E-state index is 12.1. The molecule has 0 atom stereocenters. The molecule has 1 amide bonds. The third kappa shape index (κ3) is 3.92. The maximum Gasteiger partial charge on any atom is 0.319 e. The summed E-state index contributed by atoms with van der Waals surface area (Å²) < 4.78 is 10.6. The highest BCUT2D eigenvalue weighted by atomic mass is 16.5. The fourth-order valence-electron chi connectivity index (χ4n) is 1.67. The predicted octanol–water partition coefficient (Wildman–Crippen LogP) is 2.53. The van der Waals surface area contributed by atoms with Gasteiger partial charge in [-0.15, -0.1) is 0 Å². The van der Waals surface area contributed by atoms with E-state index in [9.17, 15) is 4.79 Å². The van der Waals surface area contributed by atoms with E-state index < -0.39 is 0 Å². The summed E-state index contributed by atoms with van der Waals surface area (Å²) in [5, 5.41) is 2.74. The molecule has 0 aliphatic carbocycles. The number of benzene rings is 1. The van der Waals surface area contributed by atoms with Crippen LogP contribution in [0.25, 0.3) is 0 Å². The average molecular weight is 287 g/mol. The fraction of sp³-hybridized carbons (Fsp3) is 0.267. The first-order valence-electron chi connectivity index (χ1n) is 6.73. The van der Waals surface area contributed by atoms with Crippen molar-refractivity contribution in [3.63, 3.8) is 0 Å². The van der Waals surface area contributed by atoms with Crippen LogP contribution in [0.15, 0.2) is 36.5 Å². The number of amides is 1. The average Bonchev–Trinajstić information content (AvgIpc) is 2.51. The smallest absolute Gasteiger partial charge is 0.319 e. The third-order valence-corrected chi connectivity index (χ3v) is 2.57. The van der Waals surface area contributed by atoms with Crippen molar-refractivity contribution in [3.05, 3.63) is 42.1 Å². The van der Waals surface area contributed by atoms with Crippen LogP contribution in [0, 0.1) is 0 Å². The molecule has 21 heavy (non-hydrogen) atoms. The molecule has 0 saturated carbocycles. The van der Waals surface area contributed by atoms with E-state index >= 15 is 0 Å². The van der Waals surface area contributed by atoms with Crippen molar-refractivity contribution in [1.29, 1.82) is 0 Å². The number of ether oxygens (including phenoxy) is 2. The van der Waals surface area contributed by atoms with Gasteiger partial charge in [0.05, 0.1) is 19.4 Å². The van der Waals surface area contributed by atoms with E-state index in [1.165, 1.54) is 6.20 Å². The van der Waals surface area contributed by atoms with Crippen LogP contribution in [0.1, 0.15) is 24.2 Å². The highest BCUT2D eigenvalue weighted by Gasteiger charge is 2.13. The number of nitrogens with one attached hydrogen (secondary N) is 1. The Labute approximate surface area is 123 Å². The molecule has 0 aliphatic rings. The second-order valence-corrected chi connectivity index (χ2v) is 4.06. The molecule has 0 spiro atoms. The lowest BCUT2D eigenvalue weighted by molar-refractivity contribution is 0.102. The van der Waals surface area contributed by atoms with Crippen molar-refractivity contribution >= 4 is 11.6 Å². The van der Waals surface area contributed by atoms with Gasteiger partial charge < -0.3 is 14.8 Å². The molecule has 110 valence electrons. The molecule has 0 saturated heterocycles. The number of anilines is 1. The van der Waals surface area contributed by atoms with Crippen molar-refractivity contribution in [1.82, 2.24) is 9.97 Å². The van der Waals surface area contributed by atoms with Crippen LogP contribution >= 0.6 is 0 Å². The molecule has 6 heteroatoms. The summed E-state index contributed by atoms with van der Waals surface area (Å²) in [6, 6.07) is 9.12. The molecule has 0 radical (unpaired) electrons. The number of hydrogen-bond acceptors (Lipinski definition) is 5. The van der Waals surface area contributed by atoms with Gasteiger partial charge in [0.25, 0.3) is 5.91 Å². The van der Waals surface area contributed by atoms with Gasteiger partial charge >= 0.3 is 6.01 Å². The highest BCUT2D eigenvalue weighted by molar-refractivity contribution is 6.04. The molecule has 0 bridgehead atoms. The lowest BCUT2D eigenvalue weighted by Crippen LogP contribution is -2.14. The molecular formula is C15H17N3O3. The van der Waals surface area contributed by atoms with Crippen molar-refractivity contribution in [2.45, 2.75) is 13.8 Å². The minimum absolute atomic E-state index is 0.221. The Kier molecular flexibility index (Phi) is 5.09. The number of carbonyl (C=O) groups excluding carboxylic acids is 1. The molecule has 1 N–H and O–H groups in total. The first-order chi connectivity index (χ1) is 10.2.